The van der Waals surface area contributed by atoms with Crippen LogP contribution in [0.1, 0.15) is 13.8 Å². The molecule has 0 rings (SSSR count). The number of hydrogen-bond acceptors (Lipinski definition) is 3. The highest BCUT2D eigenvalue weighted by Crippen LogP contribution is 2.55. The lowest BCUT2D eigenvalue weighted by molar-refractivity contribution is 0.157. The molecule has 0 aromatic rings. The van der Waals surface area contributed by atoms with Gasteiger partial charge in [-0.25, -0.2) is 4.57 Å². The first-order valence-corrected chi connectivity index (χ1v) is 7.21. The van der Waals surface area contributed by atoms with E-state index >= 15 is 0 Å². The Balaban J connectivity index is 4.00. The zero-order valence-electron chi connectivity index (χ0n) is 7.37. The van der Waals surface area contributed by atoms with Gasteiger partial charge in [0.15, 0.2) is 0 Å². The Labute approximate surface area is 93.0 Å². The highest BCUT2D eigenvalue weighted by Gasteiger charge is 2.26. The quantitative estimate of drug-likeness (QED) is 0.546. The summed E-state index contributed by atoms with van der Waals surface area (Å²) < 4.78 is 21.1. The van der Waals surface area contributed by atoms with E-state index in [2.05, 4.69) is 0 Å². The average molecular weight is 269 g/mol. The molecule has 0 saturated heterocycles. The van der Waals surface area contributed by atoms with Gasteiger partial charge < -0.3 is 0 Å². The fourth-order valence-electron chi connectivity index (χ4n) is 0.511. The van der Waals surface area contributed by atoms with Crippen molar-refractivity contribution in [3.63, 3.8) is 0 Å². The SMILES string of the molecule is CC(CCl)OP(=O)(Cl)OC(C)CCl. The van der Waals surface area contributed by atoms with E-state index in [1.165, 1.54) is 0 Å². The zero-order valence-corrected chi connectivity index (χ0v) is 10.5. The first-order chi connectivity index (χ1) is 5.91. The fourth-order valence-corrected chi connectivity index (χ4v) is 2.69. The van der Waals surface area contributed by atoms with Gasteiger partial charge in [0.05, 0.1) is 12.2 Å². The fraction of sp³-hybridized carbons (Fsp3) is 1.00. The second kappa shape index (κ2) is 6.49. The van der Waals surface area contributed by atoms with Crippen LogP contribution in [0.4, 0.5) is 0 Å². The number of rotatable bonds is 6. The molecule has 0 amide bonds. The third kappa shape index (κ3) is 7.01. The third-order valence-electron chi connectivity index (χ3n) is 1.05. The summed E-state index contributed by atoms with van der Waals surface area (Å²) in [6.07, 6.45) is -0.819. The van der Waals surface area contributed by atoms with E-state index in [0.717, 1.165) is 0 Å². The van der Waals surface area contributed by atoms with Gasteiger partial charge in [-0.2, -0.15) is 0 Å². The van der Waals surface area contributed by atoms with Gasteiger partial charge in [0.2, 0.25) is 0 Å². The second-order valence-corrected chi connectivity index (χ2v) is 5.71. The standard InChI is InChI=1S/C6H12Cl3O3P/c1-5(3-7)11-13(9,10)12-6(2)4-8/h5-6H,3-4H2,1-2H3. The molecule has 2 atom stereocenters. The Morgan fingerprint density at radius 2 is 1.46 bits per heavy atom. The summed E-state index contributed by atoms with van der Waals surface area (Å²) in [6, 6.07) is 0. The molecule has 0 saturated carbocycles. The molecule has 13 heavy (non-hydrogen) atoms. The zero-order chi connectivity index (χ0) is 10.5. The number of alkyl halides is 2. The van der Waals surface area contributed by atoms with Crippen molar-refractivity contribution in [2.24, 2.45) is 0 Å². The van der Waals surface area contributed by atoms with Crippen LogP contribution in [0.5, 0.6) is 0 Å². The predicted octanol–water partition coefficient (Wildman–Crippen LogP) is 3.62. The smallest absolute Gasteiger partial charge is 0.293 e. The molecule has 0 aliphatic carbocycles. The lowest BCUT2D eigenvalue weighted by Gasteiger charge is -2.18. The van der Waals surface area contributed by atoms with Crippen LogP contribution in [-0.2, 0) is 13.6 Å². The highest BCUT2D eigenvalue weighted by molar-refractivity contribution is 7.81. The molecule has 3 nitrogen and oxygen atoms in total. The molecule has 0 aliphatic rings. The average Bonchev–Trinajstić information content (AvgIpc) is 2.02. The van der Waals surface area contributed by atoms with Gasteiger partial charge in [-0.05, 0) is 13.8 Å². The van der Waals surface area contributed by atoms with Gasteiger partial charge in [0.1, 0.15) is 0 Å². The Hall–Kier alpha value is 1.02. The van der Waals surface area contributed by atoms with E-state index in [1.54, 1.807) is 13.8 Å². The summed E-state index contributed by atoms with van der Waals surface area (Å²) in [5, 5.41) is 0. The van der Waals surface area contributed by atoms with Crippen molar-refractivity contribution in [2.45, 2.75) is 26.1 Å². The van der Waals surface area contributed by atoms with Crippen molar-refractivity contribution in [2.75, 3.05) is 11.8 Å². The lowest BCUT2D eigenvalue weighted by atomic mass is 10.5. The molecule has 2 unspecified atom stereocenters. The molecule has 0 heterocycles. The summed E-state index contributed by atoms with van der Waals surface area (Å²) in [7, 11) is 0. The maximum atomic E-state index is 11.4. The molecule has 7 heteroatoms. The van der Waals surface area contributed by atoms with Crippen LogP contribution in [0, 0.1) is 0 Å². The molecule has 0 aromatic carbocycles. The number of halogens is 3. The van der Waals surface area contributed by atoms with Gasteiger partial charge in [0, 0.05) is 23.0 Å². The van der Waals surface area contributed by atoms with Gasteiger partial charge in [-0.3, -0.25) is 9.05 Å². The van der Waals surface area contributed by atoms with Crippen molar-refractivity contribution in [3.8, 4) is 0 Å². The van der Waals surface area contributed by atoms with E-state index in [0.29, 0.717) is 0 Å². The van der Waals surface area contributed by atoms with Crippen molar-refractivity contribution in [1.82, 2.24) is 0 Å². The molecule has 0 aromatic heterocycles. The summed E-state index contributed by atoms with van der Waals surface area (Å²) in [4.78, 5) is 0. The first kappa shape index (κ1) is 14.0. The number of hydrogen-bond donors (Lipinski definition) is 0. The van der Waals surface area contributed by atoms with Crippen LogP contribution in [-0.4, -0.2) is 24.0 Å². The minimum absolute atomic E-state index is 0.204. The van der Waals surface area contributed by atoms with Crippen LogP contribution in [0.15, 0.2) is 0 Å². The Kier molecular flexibility index (Phi) is 7.00. The maximum Gasteiger partial charge on any atom is 0.424 e. The topological polar surface area (TPSA) is 35.5 Å². The lowest BCUT2D eigenvalue weighted by Crippen LogP contribution is -2.12. The summed E-state index contributed by atoms with van der Waals surface area (Å²) in [5.74, 6) is 0.407. The molecular formula is C6H12Cl3O3P. The van der Waals surface area contributed by atoms with E-state index in [4.69, 9.17) is 43.5 Å². The van der Waals surface area contributed by atoms with Gasteiger partial charge in [-0.1, -0.05) is 0 Å². The van der Waals surface area contributed by atoms with Gasteiger partial charge in [0.25, 0.3) is 0 Å². The molecule has 80 valence electrons. The summed E-state index contributed by atoms with van der Waals surface area (Å²) in [5.41, 5.74) is 0. The Bertz CT molecular complexity index is 174. The van der Waals surface area contributed by atoms with Gasteiger partial charge in [-0.15, -0.1) is 23.2 Å². The van der Waals surface area contributed by atoms with E-state index in [1.807, 2.05) is 0 Å². The first-order valence-electron chi connectivity index (χ1n) is 3.69. The largest absolute Gasteiger partial charge is 0.424 e. The second-order valence-electron chi connectivity index (χ2n) is 2.57. The van der Waals surface area contributed by atoms with Crippen LogP contribution in [0.2, 0.25) is 0 Å². The normalized spacial score (nSPS) is 20.7. The Morgan fingerprint density at radius 1 is 1.15 bits per heavy atom. The monoisotopic (exact) mass is 268 g/mol. The van der Waals surface area contributed by atoms with Gasteiger partial charge >= 0.3 is 6.95 Å². The maximum absolute atomic E-state index is 11.4. The molecule has 0 N–H and O–H groups in total. The molecule has 0 spiro atoms. The summed E-state index contributed by atoms with van der Waals surface area (Å²) >= 11 is 16.4. The van der Waals surface area contributed by atoms with E-state index in [-0.39, 0.29) is 11.8 Å². The molecule has 0 bridgehead atoms. The van der Waals surface area contributed by atoms with Crippen LogP contribution >= 0.6 is 41.4 Å². The molecule has 0 fully saturated rings. The van der Waals surface area contributed by atoms with Crippen molar-refractivity contribution >= 4 is 41.4 Å². The minimum Gasteiger partial charge on any atom is -0.293 e. The van der Waals surface area contributed by atoms with Crippen LogP contribution in [0.25, 0.3) is 0 Å². The minimum atomic E-state index is -3.53. The summed E-state index contributed by atoms with van der Waals surface area (Å²) in [6.45, 7) is -0.235. The van der Waals surface area contributed by atoms with Crippen molar-refractivity contribution in [1.29, 1.82) is 0 Å². The van der Waals surface area contributed by atoms with Crippen molar-refractivity contribution < 1.29 is 13.6 Å². The van der Waals surface area contributed by atoms with Crippen LogP contribution < -0.4 is 0 Å². The third-order valence-corrected chi connectivity index (χ3v) is 3.62. The van der Waals surface area contributed by atoms with E-state index < -0.39 is 19.2 Å². The van der Waals surface area contributed by atoms with Crippen molar-refractivity contribution in [3.05, 3.63) is 0 Å². The Morgan fingerprint density at radius 3 is 1.69 bits per heavy atom. The van der Waals surface area contributed by atoms with Crippen LogP contribution in [0.3, 0.4) is 0 Å². The molecule has 0 aliphatic heterocycles. The van der Waals surface area contributed by atoms with E-state index in [9.17, 15) is 4.57 Å². The highest BCUT2D eigenvalue weighted by atomic mass is 35.7. The predicted molar refractivity (Wildman–Crippen MR) is 56.0 cm³/mol. The molecule has 0 radical (unpaired) electrons. The molecular weight excluding hydrogens is 257 g/mol.